The standard InChI is InChI=1S/C17H18F2N2O2S/c1-11(10-23-15-9-4-3-8-14(15)22-2)20-17(24)21-16-12(18)6-5-7-13(16)19/h3-9,11H,10H2,1-2H3,(H2,20,21,24)/t11-/m1/s1. The second-order valence-electron chi connectivity index (χ2n) is 5.06. The molecule has 0 fully saturated rings. The number of methoxy groups -OCH3 is 1. The molecule has 0 aliphatic rings. The molecule has 0 aliphatic heterocycles. The first-order chi connectivity index (χ1) is 11.5. The second kappa shape index (κ2) is 8.44. The lowest BCUT2D eigenvalue weighted by Crippen LogP contribution is -2.39. The van der Waals surface area contributed by atoms with Crippen LogP contribution >= 0.6 is 12.2 Å². The Bertz CT molecular complexity index is 692. The van der Waals surface area contributed by atoms with Gasteiger partial charge in [0, 0.05) is 0 Å². The minimum absolute atomic E-state index is 0.107. The summed E-state index contributed by atoms with van der Waals surface area (Å²) < 4.78 is 38.0. The summed E-state index contributed by atoms with van der Waals surface area (Å²) in [5.41, 5.74) is -0.284. The Balaban J connectivity index is 1.88. The number of para-hydroxylation sites is 3. The topological polar surface area (TPSA) is 42.5 Å². The molecule has 0 heterocycles. The highest BCUT2D eigenvalue weighted by Gasteiger charge is 2.12. The van der Waals surface area contributed by atoms with Crippen LogP contribution in [-0.4, -0.2) is 24.9 Å². The van der Waals surface area contributed by atoms with Gasteiger partial charge in [-0.2, -0.15) is 0 Å². The van der Waals surface area contributed by atoms with Crippen LogP contribution in [0.1, 0.15) is 6.92 Å². The van der Waals surface area contributed by atoms with Gasteiger partial charge < -0.3 is 20.1 Å². The average Bonchev–Trinajstić information content (AvgIpc) is 2.56. The van der Waals surface area contributed by atoms with E-state index in [9.17, 15) is 8.78 Å². The van der Waals surface area contributed by atoms with Crippen molar-refractivity contribution in [2.24, 2.45) is 0 Å². The van der Waals surface area contributed by atoms with Gasteiger partial charge in [-0.1, -0.05) is 18.2 Å². The number of halogens is 2. The van der Waals surface area contributed by atoms with Crippen LogP contribution in [0.5, 0.6) is 11.5 Å². The van der Waals surface area contributed by atoms with Crippen molar-refractivity contribution in [1.82, 2.24) is 5.32 Å². The average molecular weight is 352 g/mol. The third-order valence-corrected chi connectivity index (χ3v) is 3.36. The number of ether oxygens (including phenoxy) is 2. The van der Waals surface area contributed by atoms with E-state index in [0.29, 0.717) is 18.1 Å². The van der Waals surface area contributed by atoms with E-state index >= 15 is 0 Å². The first kappa shape index (κ1) is 17.9. The molecule has 7 heteroatoms. The molecule has 0 aliphatic carbocycles. The molecule has 0 spiro atoms. The SMILES string of the molecule is COc1ccccc1OC[C@@H](C)NC(=S)Nc1c(F)cccc1F. The lowest BCUT2D eigenvalue weighted by Gasteiger charge is -2.18. The van der Waals surface area contributed by atoms with Gasteiger partial charge in [-0.05, 0) is 43.4 Å². The monoisotopic (exact) mass is 352 g/mol. The Hall–Kier alpha value is -2.41. The minimum atomic E-state index is -0.711. The third kappa shape index (κ3) is 4.79. The van der Waals surface area contributed by atoms with E-state index < -0.39 is 11.6 Å². The summed E-state index contributed by atoms with van der Waals surface area (Å²) in [6, 6.07) is 10.7. The molecular weight excluding hydrogens is 334 g/mol. The number of hydrogen-bond donors (Lipinski definition) is 2. The largest absolute Gasteiger partial charge is 0.493 e. The van der Waals surface area contributed by atoms with Crippen molar-refractivity contribution in [3.05, 3.63) is 54.1 Å². The van der Waals surface area contributed by atoms with Crippen molar-refractivity contribution in [2.75, 3.05) is 19.0 Å². The lowest BCUT2D eigenvalue weighted by molar-refractivity contribution is 0.270. The number of rotatable bonds is 6. The zero-order valence-corrected chi connectivity index (χ0v) is 14.1. The predicted octanol–water partition coefficient (Wildman–Crippen LogP) is 3.73. The molecule has 24 heavy (non-hydrogen) atoms. The van der Waals surface area contributed by atoms with Crippen molar-refractivity contribution in [1.29, 1.82) is 0 Å². The molecule has 128 valence electrons. The third-order valence-electron chi connectivity index (χ3n) is 3.14. The highest BCUT2D eigenvalue weighted by Crippen LogP contribution is 2.25. The van der Waals surface area contributed by atoms with Gasteiger partial charge in [0.2, 0.25) is 0 Å². The Labute approximate surface area is 144 Å². The summed E-state index contributed by atoms with van der Waals surface area (Å²) in [6.07, 6.45) is 0. The van der Waals surface area contributed by atoms with Crippen LogP contribution in [0.3, 0.4) is 0 Å². The molecule has 0 saturated heterocycles. The summed E-state index contributed by atoms with van der Waals surface area (Å²) in [5.74, 6) is -0.194. The van der Waals surface area contributed by atoms with Crippen molar-refractivity contribution in [3.8, 4) is 11.5 Å². The van der Waals surface area contributed by atoms with Crippen molar-refractivity contribution in [2.45, 2.75) is 13.0 Å². The molecule has 0 unspecified atom stereocenters. The van der Waals surface area contributed by atoms with Gasteiger partial charge in [0.25, 0.3) is 0 Å². The summed E-state index contributed by atoms with van der Waals surface area (Å²) in [7, 11) is 1.56. The molecular formula is C17H18F2N2O2S. The maximum absolute atomic E-state index is 13.6. The van der Waals surface area contributed by atoms with E-state index in [-0.39, 0.29) is 16.8 Å². The Morgan fingerprint density at radius 2 is 1.71 bits per heavy atom. The highest BCUT2D eigenvalue weighted by molar-refractivity contribution is 7.80. The zero-order chi connectivity index (χ0) is 17.5. The molecule has 2 aromatic carbocycles. The fraction of sp³-hybridized carbons (Fsp3) is 0.235. The molecule has 1 atom stereocenters. The Morgan fingerprint density at radius 3 is 2.33 bits per heavy atom. The van der Waals surface area contributed by atoms with Crippen LogP contribution in [0.15, 0.2) is 42.5 Å². The molecule has 0 saturated carbocycles. The predicted molar refractivity (Wildman–Crippen MR) is 93.7 cm³/mol. The van der Waals surface area contributed by atoms with Crippen LogP contribution in [0.2, 0.25) is 0 Å². The van der Waals surface area contributed by atoms with Crippen LogP contribution in [0, 0.1) is 11.6 Å². The van der Waals surface area contributed by atoms with E-state index in [1.807, 2.05) is 19.1 Å². The fourth-order valence-corrected chi connectivity index (χ4v) is 2.29. The Kier molecular flexibility index (Phi) is 6.31. The van der Waals surface area contributed by atoms with Crippen LogP contribution in [0.25, 0.3) is 0 Å². The maximum atomic E-state index is 13.6. The van der Waals surface area contributed by atoms with E-state index in [1.54, 1.807) is 19.2 Å². The van der Waals surface area contributed by atoms with Crippen LogP contribution < -0.4 is 20.1 Å². The van der Waals surface area contributed by atoms with Crippen molar-refractivity contribution < 1.29 is 18.3 Å². The summed E-state index contributed by atoms with van der Waals surface area (Å²) >= 11 is 5.08. The molecule has 0 bridgehead atoms. The first-order valence-electron chi connectivity index (χ1n) is 7.28. The molecule has 2 aromatic rings. The number of nitrogens with one attached hydrogen (secondary N) is 2. The molecule has 2 rings (SSSR count). The number of benzene rings is 2. The minimum Gasteiger partial charge on any atom is -0.493 e. The van der Waals surface area contributed by atoms with Gasteiger partial charge in [0.15, 0.2) is 16.6 Å². The first-order valence-corrected chi connectivity index (χ1v) is 7.69. The molecule has 0 aromatic heterocycles. The van der Waals surface area contributed by atoms with Crippen LogP contribution in [-0.2, 0) is 0 Å². The van der Waals surface area contributed by atoms with Gasteiger partial charge in [-0.25, -0.2) is 8.78 Å². The van der Waals surface area contributed by atoms with Gasteiger partial charge in [0.05, 0.1) is 13.2 Å². The second-order valence-corrected chi connectivity index (χ2v) is 5.47. The number of thiocarbonyl (C=S) groups is 1. The highest BCUT2D eigenvalue weighted by atomic mass is 32.1. The summed E-state index contributed by atoms with van der Waals surface area (Å²) in [6.45, 7) is 2.13. The fourth-order valence-electron chi connectivity index (χ4n) is 1.99. The molecule has 0 amide bonds. The van der Waals surface area contributed by atoms with Gasteiger partial charge in [-0.15, -0.1) is 0 Å². The van der Waals surface area contributed by atoms with E-state index in [2.05, 4.69) is 10.6 Å². The van der Waals surface area contributed by atoms with E-state index in [1.165, 1.54) is 6.07 Å². The van der Waals surface area contributed by atoms with E-state index in [0.717, 1.165) is 12.1 Å². The number of anilines is 1. The van der Waals surface area contributed by atoms with Gasteiger partial charge >= 0.3 is 0 Å². The zero-order valence-electron chi connectivity index (χ0n) is 13.3. The van der Waals surface area contributed by atoms with Crippen molar-refractivity contribution in [3.63, 3.8) is 0 Å². The van der Waals surface area contributed by atoms with Crippen molar-refractivity contribution >= 4 is 23.0 Å². The molecule has 4 nitrogen and oxygen atoms in total. The summed E-state index contributed by atoms with van der Waals surface area (Å²) in [4.78, 5) is 0. The van der Waals surface area contributed by atoms with Crippen LogP contribution in [0.4, 0.5) is 14.5 Å². The number of hydrogen-bond acceptors (Lipinski definition) is 3. The normalized spacial score (nSPS) is 11.5. The van der Waals surface area contributed by atoms with Gasteiger partial charge in [0.1, 0.15) is 23.9 Å². The quantitative estimate of drug-likeness (QED) is 0.776. The maximum Gasteiger partial charge on any atom is 0.171 e. The smallest absolute Gasteiger partial charge is 0.171 e. The van der Waals surface area contributed by atoms with Gasteiger partial charge in [-0.3, -0.25) is 0 Å². The lowest BCUT2D eigenvalue weighted by atomic mass is 10.3. The van der Waals surface area contributed by atoms with E-state index in [4.69, 9.17) is 21.7 Å². The molecule has 0 radical (unpaired) electrons. The Morgan fingerprint density at radius 1 is 1.08 bits per heavy atom. The molecule has 2 N–H and O–H groups in total. The summed E-state index contributed by atoms with van der Waals surface area (Å²) in [5, 5.41) is 5.54.